The van der Waals surface area contributed by atoms with E-state index in [-0.39, 0.29) is 5.91 Å². The molecule has 0 radical (unpaired) electrons. The molecule has 2 aromatic rings. The number of hydrogen-bond acceptors (Lipinski definition) is 1. The van der Waals surface area contributed by atoms with Gasteiger partial charge in [-0.15, -0.1) is 0 Å². The van der Waals surface area contributed by atoms with Crippen LogP contribution in [0.3, 0.4) is 0 Å². The Labute approximate surface area is 127 Å². The third kappa shape index (κ3) is 3.13. The summed E-state index contributed by atoms with van der Waals surface area (Å²) in [5.74, 6) is -0.175. The Morgan fingerprint density at radius 2 is 1.72 bits per heavy atom. The fourth-order valence-electron chi connectivity index (χ4n) is 1.40. The van der Waals surface area contributed by atoms with Crippen molar-refractivity contribution in [2.45, 2.75) is 0 Å². The number of anilines is 1. The van der Waals surface area contributed by atoms with E-state index >= 15 is 0 Å². The molecular formula is C13H8Br2ClNO. The number of hydrogen-bond donors (Lipinski definition) is 1. The van der Waals surface area contributed by atoms with Crippen LogP contribution in [-0.2, 0) is 0 Å². The van der Waals surface area contributed by atoms with E-state index in [1.165, 1.54) is 0 Å². The van der Waals surface area contributed by atoms with Crippen molar-refractivity contribution < 1.29 is 4.79 Å². The van der Waals surface area contributed by atoms with E-state index in [0.717, 1.165) is 4.47 Å². The Kier molecular flexibility index (Phi) is 4.43. The summed E-state index contributed by atoms with van der Waals surface area (Å²) in [7, 11) is 0. The van der Waals surface area contributed by atoms with Crippen LogP contribution >= 0.6 is 43.5 Å². The van der Waals surface area contributed by atoms with Crippen LogP contribution in [0.25, 0.3) is 0 Å². The van der Waals surface area contributed by atoms with Gasteiger partial charge >= 0.3 is 0 Å². The van der Waals surface area contributed by atoms with E-state index in [9.17, 15) is 4.79 Å². The minimum atomic E-state index is -0.175. The lowest BCUT2D eigenvalue weighted by molar-refractivity contribution is 0.102. The van der Waals surface area contributed by atoms with E-state index in [0.29, 0.717) is 20.7 Å². The van der Waals surface area contributed by atoms with Gasteiger partial charge in [0.15, 0.2) is 0 Å². The minimum absolute atomic E-state index is 0.175. The topological polar surface area (TPSA) is 29.1 Å². The number of nitrogens with one attached hydrogen (secondary N) is 1. The van der Waals surface area contributed by atoms with E-state index < -0.39 is 0 Å². The van der Waals surface area contributed by atoms with Gasteiger partial charge in [-0.3, -0.25) is 4.79 Å². The lowest BCUT2D eigenvalue weighted by Crippen LogP contribution is -2.12. The second-order valence-corrected chi connectivity index (χ2v) is 5.68. The van der Waals surface area contributed by atoms with E-state index in [1.54, 1.807) is 30.3 Å². The lowest BCUT2D eigenvalue weighted by Gasteiger charge is -2.08. The number of rotatable bonds is 2. The van der Waals surface area contributed by atoms with Gasteiger partial charge < -0.3 is 5.32 Å². The Hall–Kier alpha value is -0.840. The molecule has 0 aliphatic rings. The fraction of sp³-hybridized carbons (Fsp3) is 0. The Bertz CT molecular complexity index is 584. The highest BCUT2D eigenvalue weighted by Crippen LogP contribution is 2.30. The van der Waals surface area contributed by atoms with Crippen molar-refractivity contribution >= 4 is 55.1 Å². The van der Waals surface area contributed by atoms with Crippen LogP contribution in [0.4, 0.5) is 5.69 Å². The standard InChI is InChI=1S/C13H8Br2ClNO/c14-9-6-4-8(5-7-9)13(18)17-11-3-1-2-10(16)12(11)15/h1-7H,(H,17,18). The van der Waals surface area contributed by atoms with Crippen molar-refractivity contribution in [3.8, 4) is 0 Å². The molecule has 0 fully saturated rings. The highest BCUT2D eigenvalue weighted by atomic mass is 79.9. The summed E-state index contributed by atoms with van der Waals surface area (Å²) < 4.78 is 1.61. The molecule has 0 aliphatic carbocycles. The Balaban J connectivity index is 2.21. The van der Waals surface area contributed by atoms with Gasteiger partial charge in [-0.05, 0) is 52.3 Å². The molecule has 0 aliphatic heterocycles. The van der Waals surface area contributed by atoms with E-state index in [1.807, 2.05) is 12.1 Å². The van der Waals surface area contributed by atoms with Gasteiger partial charge in [0.25, 0.3) is 5.91 Å². The summed E-state index contributed by atoms with van der Waals surface area (Å²) in [4.78, 5) is 12.0. The van der Waals surface area contributed by atoms with Crippen molar-refractivity contribution in [1.82, 2.24) is 0 Å². The van der Waals surface area contributed by atoms with Gasteiger partial charge in [-0.2, -0.15) is 0 Å². The molecule has 0 bridgehead atoms. The molecule has 2 nitrogen and oxygen atoms in total. The highest BCUT2D eigenvalue weighted by Gasteiger charge is 2.09. The zero-order valence-corrected chi connectivity index (χ0v) is 13.0. The van der Waals surface area contributed by atoms with Gasteiger partial charge in [-0.25, -0.2) is 0 Å². The summed E-state index contributed by atoms with van der Waals surface area (Å²) in [5, 5.41) is 3.36. The van der Waals surface area contributed by atoms with Gasteiger partial charge in [0.1, 0.15) is 0 Å². The van der Waals surface area contributed by atoms with Crippen LogP contribution in [0.15, 0.2) is 51.4 Å². The molecule has 0 unspecified atom stereocenters. The lowest BCUT2D eigenvalue weighted by atomic mass is 10.2. The molecular weight excluding hydrogens is 381 g/mol. The van der Waals surface area contributed by atoms with Crippen molar-refractivity contribution in [2.24, 2.45) is 0 Å². The second-order valence-electron chi connectivity index (χ2n) is 3.56. The molecule has 92 valence electrons. The number of amides is 1. The maximum Gasteiger partial charge on any atom is 0.255 e. The number of carbonyl (C=O) groups is 1. The second kappa shape index (κ2) is 5.87. The van der Waals surface area contributed by atoms with Crippen LogP contribution in [-0.4, -0.2) is 5.91 Å². The first-order valence-corrected chi connectivity index (χ1v) is 7.05. The maximum absolute atomic E-state index is 12.0. The molecule has 1 amide bonds. The quantitative estimate of drug-likeness (QED) is 0.759. The molecule has 2 rings (SSSR count). The number of carbonyl (C=O) groups excluding carboxylic acids is 1. The Morgan fingerprint density at radius 1 is 1.06 bits per heavy atom. The molecule has 0 saturated heterocycles. The summed E-state index contributed by atoms with van der Waals surface area (Å²) in [6, 6.07) is 12.5. The number of halogens is 3. The molecule has 0 spiro atoms. The summed E-state index contributed by atoms with van der Waals surface area (Å²) in [5.41, 5.74) is 1.24. The van der Waals surface area contributed by atoms with Crippen LogP contribution in [0, 0.1) is 0 Å². The first-order chi connectivity index (χ1) is 8.58. The van der Waals surface area contributed by atoms with E-state index in [2.05, 4.69) is 37.2 Å². The monoisotopic (exact) mass is 387 g/mol. The molecule has 2 aromatic carbocycles. The molecule has 1 N–H and O–H groups in total. The van der Waals surface area contributed by atoms with Crippen LogP contribution in [0.2, 0.25) is 5.02 Å². The van der Waals surface area contributed by atoms with Gasteiger partial charge in [0.2, 0.25) is 0 Å². The summed E-state index contributed by atoms with van der Waals surface area (Å²) in [6.07, 6.45) is 0. The zero-order chi connectivity index (χ0) is 13.1. The smallest absolute Gasteiger partial charge is 0.255 e. The maximum atomic E-state index is 12.0. The van der Waals surface area contributed by atoms with Crippen LogP contribution in [0.1, 0.15) is 10.4 Å². The van der Waals surface area contributed by atoms with Crippen molar-refractivity contribution in [3.63, 3.8) is 0 Å². The van der Waals surface area contributed by atoms with Crippen LogP contribution < -0.4 is 5.32 Å². The molecule has 0 saturated carbocycles. The number of benzene rings is 2. The highest BCUT2D eigenvalue weighted by molar-refractivity contribution is 9.11. The third-order valence-corrected chi connectivity index (χ3v) is 4.23. The first-order valence-electron chi connectivity index (χ1n) is 5.09. The van der Waals surface area contributed by atoms with Gasteiger partial charge in [-0.1, -0.05) is 33.6 Å². The van der Waals surface area contributed by atoms with Gasteiger partial charge in [0, 0.05) is 10.0 Å². The molecule has 5 heteroatoms. The van der Waals surface area contributed by atoms with Crippen LogP contribution in [0.5, 0.6) is 0 Å². The average Bonchev–Trinajstić information content (AvgIpc) is 2.36. The SMILES string of the molecule is O=C(Nc1cccc(Cl)c1Br)c1ccc(Br)cc1. The Morgan fingerprint density at radius 3 is 2.39 bits per heavy atom. The van der Waals surface area contributed by atoms with E-state index in [4.69, 9.17) is 11.6 Å². The summed E-state index contributed by atoms with van der Waals surface area (Å²) in [6.45, 7) is 0. The van der Waals surface area contributed by atoms with Crippen molar-refractivity contribution in [1.29, 1.82) is 0 Å². The first kappa shape index (κ1) is 13.6. The fourth-order valence-corrected chi connectivity index (χ4v) is 2.20. The molecule has 0 atom stereocenters. The minimum Gasteiger partial charge on any atom is -0.321 e. The zero-order valence-electron chi connectivity index (χ0n) is 9.08. The average molecular weight is 389 g/mol. The molecule has 0 aromatic heterocycles. The predicted octanol–water partition coefficient (Wildman–Crippen LogP) is 5.12. The largest absolute Gasteiger partial charge is 0.321 e. The third-order valence-electron chi connectivity index (χ3n) is 2.31. The van der Waals surface area contributed by atoms with Crippen molar-refractivity contribution in [2.75, 3.05) is 5.32 Å². The molecule has 18 heavy (non-hydrogen) atoms. The van der Waals surface area contributed by atoms with Crippen molar-refractivity contribution in [3.05, 3.63) is 62.0 Å². The van der Waals surface area contributed by atoms with Gasteiger partial charge in [0.05, 0.1) is 15.2 Å². The molecule has 0 heterocycles. The summed E-state index contributed by atoms with van der Waals surface area (Å²) >= 11 is 12.6. The normalized spacial score (nSPS) is 10.2. The predicted molar refractivity (Wildman–Crippen MR) is 81.2 cm³/mol.